The number of sulfonamides is 1. The van der Waals surface area contributed by atoms with Gasteiger partial charge in [0.25, 0.3) is 5.91 Å². The summed E-state index contributed by atoms with van der Waals surface area (Å²) >= 11 is 0. The van der Waals surface area contributed by atoms with Crippen LogP contribution in [0.3, 0.4) is 0 Å². The van der Waals surface area contributed by atoms with Gasteiger partial charge in [0, 0.05) is 32.4 Å². The number of nitrogens with zero attached hydrogens (tertiary/aromatic N) is 4. The van der Waals surface area contributed by atoms with Gasteiger partial charge in [0.1, 0.15) is 10.7 Å². The summed E-state index contributed by atoms with van der Waals surface area (Å²) in [5.41, 5.74) is 1.53. The van der Waals surface area contributed by atoms with Crippen molar-refractivity contribution < 1.29 is 17.6 Å². The van der Waals surface area contributed by atoms with Gasteiger partial charge in [-0.15, -0.1) is 0 Å². The normalized spacial score (nSPS) is 15.3. The Morgan fingerprint density at radius 1 is 0.967 bits per heavy atom. The smallest absolute Gasteiger partial charge is 0.257 e. The number of rotatable bonds is 5. The van der Waals surface area contributed by atoms with Gasteiger partial charge in [0.15, 0.2) is 0 Å². The summed E-state index contributed by atoms with van der Waals surface area (Å²) in [5.74, 6) is -0.973. The molecule has 0 N–H and O–H groups in total. The van der Waals surface area contributed by atoms with E-state index >= 15 is 0 Å². The molecular formula is C21H21FN4O3S. The molecule has 1 aliphatic rings. The zero-order valence-corrected chi connectivity index (χ0v) is 17.0. The van der Waals surface area contributed by atoms with E-state index in [4.69, 9.17) is 0 Å². The molecular weight excluding hydrogens is 407 g/mol. The fourth-order valence-corrected chi connectivity index (χ4v) is 4.93. The Morgan fingerprint density at radius 3 is 2.33 bits per heavy atom. The Hall–Kier alpha value is -3.04. The highest BCUT2D eigenvalue weighted by Gasteiger charge is 2.32. The van der Waals surface area contributed by atoms with Crippen molar-refractivity contribution >= 4 is 15.9 Å². The maximum Gasteiger partial charge on any atom is 0.257 e. The predicted molar refractivity (Wildman–Crippen MR) is 109 cm³/mol. The van der Waals surface area contributed by atoms with Gasteiger partial charge in [-0.2, -0.15) is 9.40 Å². The lowest BCUT2D eigenvalue weighted by Crippen LogP contribution is -2.50. The summed E-state index contributed by atoms with van der Waals surface area (Å²) < 4.78 is 42.3. The molecule has 0 atom stereocenters. The monoisotopic (exact) mass is 428 g/mol. The Morgan fingerprint density at radius 2 is 1.63 bits per heavy atom. The van der Waals surface area contributed by atoms with Crippen LogP contribution in [0.5, 0.6) is 0 Å². The van der Waals surface area contributed by atoms with Crippen molar-refractivity contribution in [3.8, 4) is 0 Å². The lowest BCUT2D eigenvalue weighted by molar-refractivity contribution is 0.0697. The minimum Gasteiger partial charge on any atom is -0.336 e. The Bertz CT molecular complexity index is 1140. The van der Waals surface area contributed by atoms with E-state index in [1.54, 1.807) is 15.8 Å². The van der Waals surface area contributed by atoms with E-state index in [0.29, 0.717) is 12.1 Å². The van der Waals surface area contributed by atoms with Gasteiger partial charge < -0.3 is 4.90 Å². The third-order valence-corrected chi connectivity index (χ3v) is 6.98. The number of carbonyl (C=O) groups excluding carboxylic acids is 1. The first-order valence-electron chi connectivity index (χ1n) is 9.55. The van der Waals surface area contributed by atoms with Gasteiger partial charge in [0.05, 0.1) is 18.3 Å². The van der Waals surface area contributed by atoms with Crippen LogP contribution in [-0.4, -0.2) is 59.5 Å². The molecule has 156 valence electrons. The van der Waals surface area contributed by atoms with Crippen LogP contribution in [0.25, 0.3) is 0 Å². The van der Waals surface area contributed by atoms with E-state index < -0.39 is 15.8 Å². The van der Waals surface area contributed by atoms with Crippen LogP contribution in [-0.2, 0) is 16.6 Å². The quantitative estimate of drug-likeness (QED) is 0.625. The Labute approximate surface area is 174 Å². The first-order valence-corrected chi connectivity index (χ1v) is 11.0. The number of halogens is 1. The minimum atomic E-state index is -3.93. The highest BCUT2D eigenvalue weighted by Crippen LogP contribution is 2.21. The summed E-state index contributed by atoms with van der Waals surface area (Å²) in [4.78, 5) is 14.0. The van der Waals surface area contributed by atoms with Crippen LogP contribution in [0.4, 0.5) is 4.39 Å². The molecule has 0 radical (unpaired) electrons. The van der Waals surface area contributed by atoms with Crippen molar-refractivity contribution in [1.29, 1.82) is 0 Å². The molecule has 0 bridgehead atoms. The molecule has 9 heteroatoms. The first-order chi connectivity index (χ1) is 14.4. The number of piperazine rings is 1. The lowest BCUT2D eigenvalue weighted by Gasteiger charge is -2.33. The molecule has 1 amide bonds. The molecule has 3 aromatic rings. The minimum absolute atomic E-state index is 0.112. The van der Waals surface area contributed by atoms with E-state index in [2.05, 4.69) is 5.10 Å². The molecule has 1 aromatic heterocycles. The third-order valence-electron chi connectivity index (χ3n) is 5.05. The number of carbonyl (C=O) groups is 1. The molecule has 1 saturated heterocycles. The van der Waals surface area contributed by atoms with E-state index in [-0.39, 0.29) is 37.0 Å². The maximum atomic E-state index is 13.9. The van der Waals surface area contributed by atoms with Crippen molar-refractivity contribution in [1.82, 2.24) is 19.0 Å². The molecule has 2 aromatic carbocycles. The molecule has 30 heavy (non-hydrogen) atoms. The fourth-order valence-electron chi connectivity index (χ4n) is 3.44. The van der Waals surface area contributed by atoms with Gasteiger partial charge >= 0.3 is 0 Å². The van der Waals surface area contributed by atoms with Gasteiger partial charge in [-0.05, 0) is 17.7 Å². The average Bonchev–Trinajstić information content (AvgIpc) is 3.22. The predicted octanol–water partition coefficient (Wildman–Crippen LogP) is 2.22. The second-order valence-corrected chi connectivity index (χ2v) is 8.95. The summed E-state index contributed by atoms with van der Waals surface area (Å²) in [6, 6.07) is 15.1. The van der Waals surface area contributed by atoms with E-state index in [0.717, 1.165) is 11.6 Å². The Kier molecular flexibility index (Phi) is 5.65. The maximum absolute atomic E-state index is 13.9. The number of hydrogen-bond acceptors (Lipinski definition) is 4. The zero-order chi connectivity index (χ0) is 21.1. The second kappa shape index (κ2) is 8.37. The van der Waals surface area contributed by atoms with E-state index in [9.17, 15) is 17.6 Å². The molecule has 1 fully saturated rings. The third kappa shape index (κ3) is 4.12. The highest BCUT2D eigenvalue weighted by molar-refractivity contribution is 7.89. The molecule has 0 spiro atoms. The summed E-state index contributed by atoms with van der Waals surface area (Å²) in [6.45, 7) is 1.25. The molecule has 2 heterocycles. The van der Waals surface area contributed by atoms with E-state index in [1.807, 2.05) is 30.3 Å². The van der Waals surface area contributed by atoms with Crippen molar-refractivity contribution in [2.45, 2.75) is 11.4 Å². The number of aromatic nitrogens is 2. The van der Waals surface area contributed by atoms with Crippen LogP contribution >= 0.6 is 0 Å². The largest absolute Gasteiger partial charge is 0.336 e. The van der Waals surface area contributed by atoms with Crippen LogP contribution in [0.1, 0.15) is 15.9 Å². The highest BCUT2D eigenvalue weighted by atomic mass is 32.2. The SMILES string of the molecule is O=C(c1cnn(Cc2ccccc2)c1)N1CCN(S(=O)(=O)c2ccccc2F)CC1. The second-order valence-electron chi connectivity index (χ2n) is 7.04. The summed E-state index contributed by atoms with van der Waals surface area (Å²) in [6.07, 6.45) is 3.21. The molecule has 4 rings (SSSR count). The molecule has 0 aliphatic carbocycles. The van der Waals surface area contributed by atoms with Crippen LogP contribution < -0.4 is 0 Å². The number of amides is 1. The molecule has 0 saturated carbocycles. The van der Waals surface area contributed by atoms with Crippen LogP contribution in [0.15, 0.2) is 71.9 Å². The number of benzene rings is 2. The van der Waals surface area contributed by atoms with E-state index in [1.165, 1.54) is 28.7 Å². The number of hydrogen-bond donors (Lipinski definition) is 0. The average molecular weight is 428 g/mol. The molecule has 7 nitrogen and oxygen atoms in total. The zero-order valence-electron chi connectivity index (χ0n) is 16.2. The van der Waals surface area contributed by atoms with Crippen LogP contribution in [0, 0.1) is 5.82 Å². The lowest BCUT2D eigenvalue weighted by atomic mass is 10.2. The summed E-state index contributed by atoms with van der Waals surface area (Å²) in [7, 11) is -3.93. The standard InChI is InChI=1S/C21H21FN4O3S/c22-19-8-4-5-9-20(19)30(28,29)26-12-10-24(11-13-26)21(27)18-14-23-25(16-18)15-17-6-2-1-3-7-17/h1-9,14,16H,10-13,15H2. The fraction of sp³-hybridized carbons (Fsp3) is 0.238. The van der Waals surface area contributed by atoms with Crippen molar-refractivity contribution in [3.63, 3.8) is 0 Å². The van der Waals surface area contributed by atoms with Gasteiger partial charge in [0.2, 0.25) is 10.0 Å². The van der Waals surface area contributed by atoms with Gasteiger partial charge in [-0.3, -0.25) is 9.48 Å². The topological polar surface area (TPSA) is 75.5 Å². The van der Waals surface area contributed by atoms with Crippen molar-refractivity contribution in [2.24, 2.45) is 0 Å². The van der Waals surface area contributed by atoms with Gasteiger partial charge in [-0.1, -0.05) is 42.5 Å². The van der Waals surface area contributed by atoms with Crippen molar-refractivity contribution in [3.05, 3.63) is 83.9 Å². The van der Waals surface area contributed by atoms with Crippen molar-refractivity contribution in [2.75, 3.05) is 26.2 Å². The molecule has 0 unspecified atom stereocenters. The Balaban J connectivity index is 1.40. The van der Waals surface area contributed by atoms with Crippen LogP contribution in [0.2, 0.25) is 0 Å². The summed E-state index contributed by atoms with van der Waals surface area (Å²) in [5, 5.41) is 4.25. The molecule has 1 aliphatic heterocycles. The first kappa shape index (κ1) is 20.2. The van der Waals surface area contributed by atoms with Gasteiger partial charge in [-0.25, -0.2) is 12.8 Å².